The van der Waals surface area contributed by atoms with Crippen molar-refractivity contribution in [1.29, 1.82) is 0 Å². The van der Waals surface area contributed by atoms with Crippen LogP contribution in [0, 0.1) is 0 Å². The van der Waals surface area contributed by atoms with Crippen LogP contribution >= 0.6 is 0 Å². The van der Waals surface area contributed by atoms with Gasteiger partial charge in [-0.2, -0.15) is 0 Å². The lowest BCUT2D eigenvalue weighted by molar-refractivity contribution is 0.309. The van der Waals surface area contributed by atoms with Crippen molar-refractivity contribution in [3.05, 3.63) is 12.4 Å². The summed E-state index contributed by atoms with van der Waals surface area (Å²) in [6.07, 6.45) is 5.82. The molecule has 0 bridgehead atoms. The second-order valence-corrected chi connectivity index (χ2v) is 7.25. The second-order valence-electron chi connectivity index (χ2n) is 5.53. The lowest BCUT2D eigenvalue weighted by atomic mass is 10.1. The number of sulfonamides is 1. The summed E-state index contributed by atoms with van der Waals surface area (Å²) in [7, 11) is -3.54. The van der Waals surface area contributed by atoms with Gasteiger partial charge in [-0.1, -0.05) is 0 Å². The largest absolute Gasteiger partial charge is 0.355 e. The number of nitrogens with zero attached hydrogens (tertiary/aromatic N) is 3. The van der Waals surface area contributed by atoms with Gasteiger partial charge in [-0.25, -0.2) is 23.1 Å². The smallest absolute Gasteiger partial charge is 0.243 e. The molecule has 21 heavy (non-hydrogen) atoms. The Balaban J connectivity index is 1.71. The third kappa shape index (κ3) is 3.02. The highest BCUT2D eigenvalue weighted by Crippen LogP contribution is 2.28. The Labute approximate surface area is 125 Å². The molecule has 2 saturated heterocycles. The molecule has 8 heteroatoms. The van der Waals surface area contributed by atoms with Crippen LogP contribution in [0.5, 0.6) is 0 Å². The van der Waals surface area contributed by atoms with E-state index in [0.717, 1.165) is 32.4 Å². The third-order valence-electron chi connectivity index (χ3n) is 4.19. The summed E-state index contributed by atoms with van der Waals surface area (Å²) in [6.45, 7) is 4.70. The van der Waals surface area contributed by atoms with E-state index in [9.17, 15) is 8.42 Å². The zero-order chi connectivity index (χ0) is 14.9. The van der Waals surface area contributed by atoms with Crippen LogP contribution in [0.25, 0.3) is 0 Å². The molecule has 2 N–H and O–H groups in total. The lowest BCUT2D eigenvalue weighted by Gasteiger charge is -2.21. The van der Waals surface area contributed by atoms with Gasteiger partial charge < -0.3 is 5.32 Å². The molecule has 7 nitrogen and oxygen atoms in total. The van der Waals surface area contributed by atoms with Gasteiger partial charge >= 0.3 is 0 Å². The molecule has 2 unspecified atom stereocenters. The highest BCUT2D eigenvalue weighted by Gasteiger charge is 2.39. The van der Waals surface area contributed by atoms with Gasteiger partial charge in [0.2, 0.25) is 16.0 Å². The monoisotopic (exact) mass is 311 g/mol. The Kier molecular flexibility index (Phi) is 4.10. The van der Waals surface area contributed by atoms with Crippen LogP contribution in [0.2, 0.25) is 0 Å². The molecular formula is C13H21N5O2S. The number of fused-ring (bicyclic) bond motifs is 1. The molecular weight excluding hydrogens is 290 g/mol. The average molecular weight is 311 g/mol. The molecule has 0 aromatic carbocycles. The Hall–Kier alpha value is -1.25. The van der Waals surface area contributed by atoms with Gasteiger partial charge in [-0.15, -0.1) is 0 Å². The van der Waals surface area contributed by atoms with E-state index in [4.69, 9.17) is 0 Å². The van der Waals surface area contributed by atoms with E-state index >= 15 is 0 Å². The minimum Gasteiger partial charge on any atom is -0.355 e. The fraction of sp³-hybridized carbons (Fsp3) is 0.692. The van der Waals surface area contributed by atoms with Crippen LogP contribution in [-0.2, 0) is 10.0 Å². The molecule has 0 saturated carbocycles. The SMILES string of the molecule is CCNc1ncc(S(=O)(=O)NC2CCN3CCCC23)cn1. The fourth-order valence-electron chi connectivity index (χ4n) is 3.19. The highest BCUT2D eigenvalue weighted by molar-refractivity contribution is 7.89. The molecule has 2 aliphatic heterocycles. The summed E-state index contributed by atoms with van der Waals surface area (Å²) in [5, 5.41) is 2.95. The molecule has 0 spiro atoms. The molecule has 2 atom stereocenters. The van der Waals surface area contributed by atoms with Gasteiger partial charge in [0.25, 0.3) is 0 Å². The first-order chi connectivity index (χ1) is 10.1. The number of hydrogen-bond acceptors (Lipinski definition) is 6. The van der Waals surface area contributed by atoms with Gasteiger partial charge in [0, 0.05) is 25.2 Å². The first-order valence-corrected chi connectivity index (χ1v) is 8.91. The van der Waals surface area contributed by atoms with Crippen LogP contribution in [0.1, 0.15) is 26.2 Å². The molecule has 3 rings (SSSR count). The van der Waals surface area contributed by atoms with Crippen LogP contribution in [0.3, 0.4) is 0 Å². The van der Waals surface area contributed by atoms with Crippen LogP contribution < -0.4 is 10.0 Å². The second kappa shape index (κ2) is 5.86. The van der Waals surface area contributed by atoms with Gasteiger partial charge in [-0.3, -0.25) is 4.90 Å². The molecule has 116 valence electrons. The van der Waals surface area contributed by atoms with Crippen molar-refractivity contribution in [2.45, 2.75) is 43.2 Å². The first kappa shape index (κ1) is 14.7. The standard InChI is InChI=1S/C13H21N5O2S/c1-2-14-13-15-8-10(9-16-13)21(19,20)17-11-5-7-18-6-3-4-12(11)18/h8-9,11-12,17H,2-7H2,1H3,(H,14,15,16). The molecule has 1 aromatic rings. The summed E-state index contributed by atoms with van der Waals surface area (Å²) in [5.74, 6) is 0.444. The number of hydrogen-bond donors (Lipinski definition) is 2. The fourth-order valence-corrected chi connectivity index (χ4v) is 4.38. The van der Waals surface area contributed by atoms with E-state index in [2.05, 4.69) is 24.9 Å². The molecule has 0 aliphatic carbocycles. The van der Waals surface area contributed by atoms with E-state index < -0.39 is 10.0 Å². The van der Waals surface area contributed by atoms with Crippen molar-refractivity contribution in [2.75, 3.05) is 25.0 Å². The van der Waals surface area contributed by atoms with Crippen molar-refractivity contribution in [1.82, 2.24) is 19.6 Å². The third-order valence-corrected chi connectivity index (χ3v) is 5.63. The van der Waals surface area contributed by atoms with Gasteiger partial charge in [-0.05, 0) is 32.7 Å². The molecule has 1 aromatic heterocycles. The zero-order valence-corrected chi connectivity index (χ0v) is 12.9. The van der Waals surface area contributed by atoms with Crippen LogP contribution in [-0.4, -0.2) is 55.0 Å². The molecule has 2 fully saturated rings. The number of nitrogens with one attached hydrogen (secondary N) is 2. The maximum atomic E-state index is 12.4. The summed E-state index contributed by atoms with van der Waals surface area (Å²) >= 11 is 0. The summed E-state index contributed by atoms with van der Waals surface area (Å²) in [5.41, 5.74) is 0. The van der Waals surface area contributed by atoms with E-state index in [1.54, 1.807) is 0 Å². The first-order valence-electron chi connectivity index (χ1n) is 7.42. The Morgan fingerprint density at radius 1 is 1.29 bits per heavy atom. The van der Waals surface area contributed by atoms with E-state index in [-0.39, 0.29) is 10.9 Å². The van der Waals surface area contributed by atoms with E-state index in [1.807, 2.05) is 6.92 Å². The maximum Gasteiger partial charge on any atom is 0.243 e. The Bertz CT molecular complexity index is 589. The van der Waals surface area contributed by atoms with Crippen molar-refractivity contribution in [3.8, 4) is 0 Å². The molecule has 2 aliphatic rings. The quantitative estimate of drug-likeness (QED) is 0.820. The normalized spacial score (nSPS) is 26.0. The average Bonchev–Trinajstić information content (AvgIpc) is 3.05. The number of aromatic nitrogens is 2. The number of anilines is 1. The van der Waals surface area contributed by atoms with E-state index in [1.165, 1.54) is 12.4 Å². The van der Waals surface area contributed by atoms with Gasteiger partial charge in [0.15, 0.2) is 0 Å². The van der Waals surface area contributed by atoms with E-state index in [0.29, 0.717) is 18.5 Å². The minimum absolute atomic E-state index is 0.00550. The summed E-state index contributed by atoms with van der Waals surface area (Å²) in [4.78, 5) is 10.5. The Morgan fingerprint density at radius 2 is 2.05 bits per heavy atom. The Morgan fingerprint density at radius 3 is 2.76 bits per heavy atom. The number of rotatable bonds is 5. The topological polar surface area (TPSA) is 87.2 Å². The van der Waals surface area contributed by atoms with Crippen LogP contribution in [0.4, 0.5) is 5.95 Å². The van der Waals surface area contributed by atoms with Crippen molar-refractivity contribution < 1.29 is 8.42 Å². The zero-order valence-electron chi connectivity index (χ0n) is 12.1. The van der Waals surface area contributed by atoms with Gasteiger partial charge in [0.05, 0.1) is 12.4 Å². The van der Waals surface area contributed by atoms with Crippen molar-refractivity contribution in [2.24, 2.45) is 0 Å². The molecule has 0 amide bonds. The summed E-state index contributed by atoms with van der Waals surface area (Å²) < 4.78 is 27.7. The minimum atomic E-state index is -3.54. The predicted molar refractivity (Wildman–Crippen MR) is 79.5 cm³/mol. The maximum absolute atomic E-state index is 12.4. The summed E-state index contributed by atoms with van der Waals surface area (Å²) in [6, 6.07) is 0.354. The molecule has 3 heterocycles. The highest BCUT2D eigenvalue weighted by atomic mass is 32.2. The van der Waals surface area contributed by atoms with Crippen LogP contribution in [0.15, 0.2) is 17.3 Å². The predicted octanol–water partition coefficient (Wildman–Crippen LogP) is 0.423. The van der Waals surface area contributed by atoms with Crippen molar-refractivity contribution >= 4 is 16.0 Å². The van der Waals surface area contributed by atoms with Gasteiger partial charge in [0.1, 0.15) is 4.90 Å². The van der Waals surface area contributed by atoms with Crippen molar-refractivity contribution in [3.63, 3.8) is 0 Å². The molecule has 0 radical (unpaired) electrons. The lowest BCUT2D eigenvalue weighted by Crippen LogP contribution is -2.42.